The second-order valence-corrected chi connectivity index (χ2v) is 4.47. The quantitative estimate of drug-likeness (QED) is 0.846. The Morgan fingerprint density at radius 1 is 1.06 bits per heavy atom. The lowest BCUT2D eigenvalue weighted by Crippen LogP contribution is -1.96. The first-order chi connectivity index (χ1) is 8.25. The van der Waals surface area contributed by atoms with Gasteiger partial charge in [0.25, 0.3) is 0 Å². The van der Waals surface area contributed by atoms with Crippen LogP contribution in [-0.4, -0.2) is 8.76 Å². The van der Waals surface area contributed by atoms with E-state index in [1.165, 1.54) is 0 Å². The Kier molecular flexibility index (Phi) is 3.90. The molecule has 0 radical (unpaired) electrons. The van der Waals surface area contributed by atoms with Gasteiger partial charge in [0.2, 0.25) is 0 Å². The molecule has 2 aromatic rings. The normalized spacial score (nSPS) is 12.1. The summed E-state index contributed by atoms with van der Waals surface area (Å²) in [6.07, 6.45) is 0. The van der Waals surface area contributed by atoms with E-state index in [4.69, 9.17) is 9.29 Å². The highest BCUT2D eigenvalue weighted by Crippen LogP contribution is 2.16. The fraction of sp³-hybridized carbons (Fsp3) is 0.0769. The molecule has 0 spiro atoms. The molecule has 0 fully saturated rings. The van der Waals surface area contributed by atoms with Crippen LogP contribution in [0.5, 0.6) is 5.75 Å². The lowest BCUT2D eigenvalue weighted by atomic mass is 10.2. The summed E-state index contributed by atoms with van der Waals surface area (Å²) in [6.45, 7) is 0.447. The number of hydrogen-bond donors (Lipinski definition) is 1. The summed E-state index contributed by atoms with van der Waals surface area (Å²) >= 11 is -1.97. The van der Waals surface area contributed by atoms with Gasteiger partial charge in [0.1, 0.15) is 12.4 Å². The Balaban J connectivity index is 2.04. The van der Waals surface area contributed by atoms with E-state index in [-0.39, 0.29) is 0 Å². The van der Waals surface area contributed by atoms with Crippen molar-refractivity contribution in [2.45, 2.75) is 11.5 Å². The van der Waals surface area contributed by atoms with Crippen molar-refractivity contribution in [3.05, 3.63) is 60.2 Å². The predicted molar refractivity (Wildman–Crippen MR) is 66.3 cm³/mol. The lowest BCUT2D eigenvalue weighted by molar-refractivity contribution is 0.305. The van der Waals surface area contributed by atoms with Crippen LogP contribution < -0.4 is 4.74 Å². The predicted octanol–water partition coefficient (Wildman–Crippen LogP) is 2.85. The summed E-state index contributed by atoms with van der Waals surface area (Å²) < 4.78 is 25.4. The molecule has 17 heavy (non-hydrogen) atoms. The van der Waals surface area contributed by atoms with Crippen molar-refractivity contribution >= 4 is 11.1 Å². The van der Waals surface area contributed by atoms with Crippen LogP contribution in [0.25, 0.3) is 0 Å². The average Bonchev–Trinajstić information content (AvgIpc) is 2.38. The number of rotatable bonds is 4. The smallest absolute Gasteiger partial charge is 0.186 e. The van der Waals surface area contributed by atoms with E-state index in [0.29, 0.717) is 17.3 Å². The molecule has 2 aromatic carbocycles. The highest BCUT2D eigenvalue weighted by atomic mass is 32.2. The highest BCUT2D eigenvalue weighted by molar-refractivity contribution is 7.79. The van der Waals surface area contributed by atoms with Gasteiger partial charge in [-0.2, -0.15) is 0 Å². The van der Waals surface area contributed by atoms with Crippen LogP contribution in [-0.2, 0) is 17.7 Å². The molecule has 0 aromatic heterocycles. The van der Waals surface area contributed by atoms with E-state index in [0.717, 1.165) is 5.56 Å². The van der Waals surface area contributed by atoms with Crippen LogP contribution in [0.3, 0.4) is 0 Å². The molecular weight excluding hydrogens is 236 g/mol. The van der Waals surface area contributed by atoms with Crippen LogP contribution in [0.15, 0.2) is 59.5 Å². The standard InChI is InChI=1S/C13H12O3S/c14-17(15)13-8-4-7-12(9-13)16-10-11-5-2-1-3-6-11/h1-9H,10H2,(H,14,15). The molecule has 4 heteroatoms. The van der Waals surface area contributed by atoms with E-state index in [9.17, 15) is 4.21 Å². The first kappa shape index (κ1) is 11.8. The largest absolute Gasteiger partial charge is 0.489 e. The SMILES string of the molecule is O=S(O)c1cccc(OCc2ccccc2)c1. The van der Waals surface area contributed by atoms with E-state index < -0.39 is 11.1 Å². The minimum absolute atomic E-state index is 0.343. The van der Waals surface area contributed by atoms with Gasteiger partial charge in [0, 0.05) is 0 Å². The van der Waals surface area contributed by atoms with Crippen molar-refractivity contribution in [1.82, 2.24) is 0 Å². The summed E-state index contributed by atoms with van der Waals surface area (Å²) in [7, 11) is 0. The minimum Gasteiger partial charge on any atom is -0.489 e. The van der Waals surface area contributed by atoms with Crippen molar-refractivity contribution in [3.63, 3.8) is 0 Å². The molecule has 1 atom stereocenters. The summed E-state index contributed by atoms with van der Waals surface area (Å²) in [5.41, 5.74) is 1.06. The fourth-order valence-electron chi connectivity index (χ4n) is 1.41. The molecule has 1 unspecified atom stereocenters. The van der Waals surface area contributed by atoms with E-state index in [1.54, 1.807) is 24.3 Å². The first-order valence-electron chi connectivity index (χ1n) is 5.13. The van der Waals surface area contributed by atoms with Crippen LogP contribution in [0.4, 0.5) is 0 Å². The molecule has 0 saturated heterocycles. The monoisotopic (exact) mass is 248 g/mol. The Bertz CT molecular complexity index is 511. The number of ether oxygens (including phenoxy) is 1. The molecule has 2 rings (SSSR count). The Morgan fingerprint density at radius 2 is 1.82 bits per heavy atom. The molecule has 0 aliphatic rings. The van der Waals surface area contributed by atoms with Crippen LogP contribution >= 0.6 is 0 Å². The third-order valence-corrected chi connectivity index (χ3v) is 2.91. The fourth-order valence-corrected chi connectivity index (χ4v) is 1.83. The van der Waals surface area contributed by atoms with E-state index in [2.05, 4.69) is 0 Å². The maximum atomic E-state index is 10.9. The van der Waals surface area contributed by atoms with Crippen molar-refractivity contribution in [2.75, 3.05) is 0 Å². The molecule has 0 aliphatic heterocycles. The second-order valence-electron chi connectivity index (χ2n) is 3.50. The molecular formula is C13H12O3S. The molecule has 0 aliphatic carbocycles. The zero-order valence-corrected chi connectivity index (χ0v) is 9.89. The van der Waals surface area contributed by atoms with Gasteiger partial charge >= 0.3 is 0 Å². The zero-order chi connectivity index (χ0) is 12.1. The van der Waals surface area contributed by atoms with Crippen LogP contribution in [0.2, 0.25) is 0 Å². The van der Waals surface area contributed by atoms with E-state index >= 15 is 0 Å². The first-order valence-corrected chi connectivity index (χ1v) is 6.24. The maximum absolute atomic E-state index is 10.9. The van der Waals surface area contributed by atoms with Gasteiger partial charge in [-0.25, -0.2) is 4.21 Å². The highest BCUT2D eigenvalue weighted by Gasteiger charge is 2.01. The van der Waals surface area contributed by atoms with Gasteiger partial charge in [-0.15, -0.1) is 0 Å². The van der Waals surface area contributed by atoms with Crippen LogP contribution in [0, 0.1) is 0 Å². The van der Waals surface area contributed by atoms with Crippen molar-refractivity contribution in [1.29, 1.82) is 0 Å². The van der Waals surface area contributed by atoms with Gasteiger partial charge in [0.05, 0.1) is 4.90 Å². The third kappa shape index (κ3) is 3.41. The topological polar surface area (TPSA) is 46.5 Å². The van der Waals surface area contributed by atoms with Gasteiger partial charge < -0.3 is 9.29 Å². The van der Waals surface area contributed by atoms with Crippen molar-refractivity contribution in [2.24, 2.45) is 0 Å². The Labute approximate surface area is 102 Å². The molecule has 3 nitrogen and oxygen atoms in total. The van der Waals surface area contributed by atoms with Gasteiger partial charge in [-0.05, 0) is 23.8 Å². The van der Waals surface area contributed by atoms with Gasteiger partial charge in [0.15, 0.2) is 11.1 Å². The molecule has 0 bridgehead atoms. The second kappa shape index (κ2) is 5.61. The molecule has 0 amide bonds. The van der Waals surface area contributed by atoms with E-state index in [1.807, 2.05) is 30.3 Å². The van der Waals surface area contributed by atoms with Crippen LogP contribution in [0.1, 0.15) is 5.56 Å². The average molecular weight is 248 g/mol. The number of benzene rings is 2. The zero-order valence-electron chi connectivity index (χ0n) is 9.08. The molecule has 0 saturated carbocycles. The molecule has 0 heterocycles. The van der Waals surface area contributed by atoms with Crippen molar-refractivity contribution < 1.29 is 13.5 Å². The molecule has 88 valence electrons. The number of hydrogen-bond acceptors (Lipinski definition) is 2. The van der Waals surface area contributed by atoms with Crippen molar-refractivity contribution in [3.8, 4) is 5.75 Å². The van der Waals surface area contributed by atoms with Gasteiger partial charge in [-0.1, -0.05) is 36.4 Å². The summed E-state index contributed by atoms with van der Waals surface area (Å²) in [6, 6.07) is 16.4. The maximum Gasteiger partial charge on any atom is 0.186 e. The Morgan fingerprint density at radius 3 is 2.53 bits per heavy atom. The molecule has 1 N–H and O–H groups in total. The lowest BCUT2D eigenvalue weighted by Gasteiger charge is -2.06. The Hall–Kier alpha value is -1.65. The summed E-state index contributed by atoms with van der Waals surface area (Å²) in [5.74, 6) is 0.591. The third-order valence-electron chi connectivity index (χ3n) is 2.26. The minimum atomic E-state index is -1.97. The summed E-state index contributed by atoms with van der Waals surface area (Å²) in [5, 5.41) is 0. The van der Waals surface area contributed by atoms with Gasteiger partial charge in [-0.3, -0.25) is 0 Å². The summed E-state index contributed by atoms with van der Waals surface area (Å²) in [4.78, 5) is 0.343.